The van der Waals surface area contributed by atoms with Crippen LogP contribution < -0.4 is 11.5 Å². The van der Waals surface area contributed by atoms with Crippen molar-refractivity contribution < 1.29 is 0 Å². The number of nitrogen functional groups attached to an aromatic ring is 2. The molecule has 0 fully saturated rings. The molecule has 0 aliphatic rings. The van der Waals surface area contributed by atoms with Crippen molar-refractivity contribution in [1.82, 2.24) is 15.2 Å². The molecule has 2 rings (SSSR count). The summed E-state index contributed by atoms with van der Waals surface area (Å²) in [4.78, 5) is 3.80. The zero-order chi connectivity index (χ0) is 11.7. The summed E-state index contributed by atoms with van der Waals surface area (Å²) in [6, 6.07) is 5.13. The first-order chi connectivity index (χ1) is 7.59. The van der Waals surface area contributed by atoms with Gasteiger partial charge in [0.05, 0.1) is 10.0 Å². The van der Waals surface area contributed by atoms with Crippen LogP contribution in [0.15, 0.2) is 18.2 Å². The highest BCUT2D eigenvalue weighted by Crippen LogP contribution is 2.33. The molecule has 0 saturated heterocycles. The molecule has 0 atom stereocenters. The molecule has 0 radical (unpaired) electrons. The topological polar surface area (TPSA) is 90.7 Å². The first kappa shape index (κ1) is 10.9. The van der Waals surface area contributed by atoms with E-state index in [1.807, 2.05) is 0 Å². The fourth-order valence-corrected chi connectivity index (χ4v) is 1.62. The second-order valence-electron chi connectivity index (χ2n) is 3.01. The van der Waals surface area contributed by atoms with Crippen LogP contribution in [0, 0.1) is 0 Å². The fourth-order valence-electron chi connectivity index (χ4n) is 1.23. The van der Waals surface area contributed by atoms with Gasteiger partial charge >= 0.3 is 0 Å². The van der Waals surface area contributed by atoms with Gasteiger partial charge in [-0.15, -0.1) is 10.2 Å². The van der Waals surface area contributed by atoms with Gasteiger partial charge in [-0.3, -0.25) is 0 Å². The van der Waals surface area contributed by atoms with Crippen molar-refractivity contribution >= 4 is 35.0 Å². The van der Waals surface area contributed by atoms with E-state index in [1.54, 1.807) is 18.2 Å². The van der Waals surface area contributed by atoms with E-state index in [9.17, 15) is 0 Å². The van der Waals surface area contributed by atoms with Gasteiger partial charge in [0, 0.05) is 5.56 Å². The monoisotopic (exact) mass is 258 g/mol. The summed E-state index contributed by atoms with van der Waals surface area (Å²) in [5.41, 5.74) is 12.0. The quantitative estimate of drug-likeness (QED) is 0.764. The smallest absolute Gasteiger partial charge is 0.242 e. The Morgan fingerprint density at radius 1 is 1.06 bits per heavy atom. The Hall–Kier alpha value is -1.59. The number of hydrogen-bond acceptors (Lipinski definition) is 5. The second-order valence-corrected chi connectivity index (χ2v) is 3.79. The predicted octanol–water partition coefficient (Wildman–Crippen LogP) is 2.01. The van der Waals surface area contributed by atoms with Crippen molar-refractivity contribution in [2.45, 2.75) is 0 Å². The van der Waals surface area contributed by atoms with Gasteiger partial charge in [-0.25, -0.2) is 0 Å². The van der Waals surface area contributed by atoms with E-state index in [2.05, 4.69) is 15.2 Å². The van der Waals surface area contributed by atoms with Gasteiger partial charge in [-0.05, 0) is 6.07 Å². The average molecular weight is 259 g/mol. The summed E-state index contributed by atoms with van der Waals surface area (Å²) in [7, 11) is 0. The van der Waals surface area contributed by atoms with E-state index in [0.717, 1.165) is 0 Å². The van der Waals surface area contributed by atoms with Crippen LogP contribution in [-0.2, 0) is 0 Å². The van der Waals surface area contributed by atoms with Crippen molar-refractivity contribution in [1.29, 1.82) is 0 Å². The average Bonchev–Trinajstić information content (AvgIpc) is 2.23. The predicted molar refractivity (Wildman–Crippen MR) is 64.1 cm³/mol. The standard InChI is InChI=1S/C9H7Cl2N5/c10-5-3-1-2-4(6(5)11)7-8(12)14-9(13)16-15-7/h1-3H,(H4,12,13,14,16)/i7+1,8+1,12+1. The highest BCUT2D eigenvalue weighted by molar-refractivity contribution is 6.43. The molecule has 7 heteroatoms. The Kier molecular flexibility index (Phi) is 2.80. The summed E-state index contributed by atoms with van der Waals surface area (Å²) in [6.07, 6.45) is 0. The molecular weight excluding hydrogens is 252 g/mol. The van der Waals surface area contributed by atoms with Gasteiger partial charge in [0.2, 0.25) is 5.95 Å². The Labute approximate surface area is 101 Å². The van der Waals surface area contributed by atoms with Gasteiger partial charge in [0.1, 0.15) is 5.69 Å². The van der Waals surface area contributed by atoms with Crippen LogP contribution in [0.25, 0.3) is 11.3 Å². The Bertz CT molecular complexity index is 543. The third-order valence-electron chi connectivity index (χ3n) is 1.94. The molecule has 2 aromatic rings. The number of halogens is 2. The van der Waals surface area contributed by atoms with Crippen LogP contribution in [-0.4, -0.2) is 15.2 Å². The lowest BCUT2D eigenvalue weighted by molar-refractivity contribution is 1.000. The van der Waals surface area contributed by atoms with E-state index in [0.29, 0.717) is 21.3 Å². The summed E-state index contributed by atoms with van der Waals surface area (Å²) in [6.45, 7) is 0. The lowest BCUT2D eigenvalue weighted by Crippen LogP contribution is -2.04. The van der Waals surface area contributed by atoms with Crippen molar-refractivity contribution in [2.75, 3.05) is 11.5 Å². The Morgan fingerprint density at radius 2 is 1.81 bits per heavy atom. The largest absolute Gasteiger partial charge is 0.382 e. The lowest BCUT2D eigenvalue weighted by atomic mass is 10.3. The molecule has 4 N–H and O–H groups in total. The minimum absolute atomic E-state index is 0.0133. The van der Waals surface area contributed by atoms with Gasteiger partial charge in [0.25, 0.3) is 0 Å². The number of nitrogens with zero attached hydrogens (tertiary/aromatic N) is 3. The third-order valence-corrected chi connectivity index (χ3v) is 2.76. The fraction of sp³-hybridized carbons (Fsp3) is 0. The maximum absolute atomic E-state index is 6.03. The summed E-state index contributed by atoms with van der Waals surface area (Å²) in [5.74, 6) is 0.177. The molecule has 0 unspecified atom stereocenters. The van der Waals surface area contributed by atoms with Gasteiger partial charge in [-0.2, -0.15) is 4.98 Å². The van der Waals surface area contributed by atoms with Crippen molar-refractivity contribution in [3.8, 4) is 11.3 Å². The van der Waals surface area contributed by atoms with E-state index in [-0.39, 0.29) is 11.8 Å². The van der Waals surface area contributed by atoms with Crippen LogP contribution in [0.1, 0.15) is 0 Å². The molecule has 1 aromatic heterocycles. The SMILES string of the molecule is Nc1nn[13c](-c2cccc(Cl)c2Cl)[13c]([15NH2])n1. The Balaban J connectivity index is 2.63. The molecule has 82 valence electrons. The molecule has 0 aliphatic carbocycles. The molecule has 0 aliphatic heterocycles. The maximum Gasteiger partial charge on any atom is 0.242 e. The van der Waals surface area contributed by atoms with Crippen LogP contribution in [0.4, 0.5) is 11.8 Å². The number of nitrogens with two attached hydrogens (primary N) is 2. The van der Waals surface area contributed by atoms with Crippen molar-refractivity contribution in [3.63, 3.8) is 0 Å². The molecule has 0 amide bonds. The van der Waals surface area contributed by atoms with Crippen molar-refractivity contribution in [2.24, 2.45) is 0 Å². The van der Waals surface area contributed by atoms with E-state index in [4.69, 9.17) is 34.7 Å². The first-order valence-electron chi connectivity index (χ1n) is 4.29. The number of hydrogen-bond donors (Lipinski definition) is 2. The molecule has 16 heavy (non-hydrogen) atoms. The van der Waals surface area contributed by atoms with Crippen LogP contribution >= 0.6 is 23.2 Å². The number of benzene rings is 1. The lowest BCUT2D eigenvalue weighted by Gasteiger charge is -2.06. The van der Waals surface area contributed by atoms with Gasteiger partial charge < -0.3 is 11.5 Å². The highest BCUT2D eigenvalue weighted by atomic mass is 35.5. The number of rotatable bonds is 1. The maximum atomic E-state index is 6.03. The molecule has 0 saturated carbocycles. The summed E-state index contributed by atoms with van der Waals surface area (Å²) >= 11 is 11.9. The minimum atomic E-state index is 0.0133. The van der Waals surface area contributed by atoms with Gasteiger partial charge in [0.15, 0.2) is 5.82 Å². The van der Waals surface area contributed by atoms with E-state index in [1.165, 1.54) is 0 Å². The minimum Gasteiger partial charge on any atom is -0.382 e. The molecule has 1 heterocycles. The molecule has 0 bridgehead atoms. The Morgan fingerprint density at radius 3 is 2.50 bits per heavy atom. The molecule has 1 aromatic carbocycles. The number of anilines is 2. The van der Waals surface area contributed by atoms with Crippen LogP contribution in [0.3, 0.4) is 0 Å². The van der Waals surface area contributed by atoms with Crippen LogP contribution in [0.5, 0.6) is 0 Å². The zero-order valence-electron chi connectivity index (χ0n) is 7.98. The van der Waals surface area contributed by atoms with Crippen LogP contribution in [0.2, 0.25) is 10.0 Å². The summed E-state index contributed by atoms with van der Waals surface area (Å²) < 4.78 is 0. The van der Waals surface area contributed by atoms with E-state index < -0.39 is 0 Å². The summed E-state index contributed by atoms with van der Waals surface area (Å²) in [5, 5.41) is 8.24. The first-order valence-corrected chi connectivity index (χ1v) is 5.05. The normalized spacial score (nSPS) is 10.4. The van der Waals surface area contributed by atoms with Gasteiger partial charge in [-0.1, -0.05) is 35.3 Å². The highest BCUT2D eigenvalue weighted by Gasteiger charge is 2.12. The molecule has 0 spiro atoms. The van der Waals surface area contributed by atoms with E-state index >= 15 is 0 Å². The third kappa shape index (κ3) is 1.87. The molecular formula is C9H7Cl2N5. The second kappa shape index (κ2) is 4.11. The zero-order valence-corrected chi connectivity index (χ0v) is 9.50. The molecule has 5 nitrogen and oxygen atoms in total. The number of aromatic nitrogens is 3. The van der Waals surface area contributed by atoms with Crippen molar-refractivity contribution in [3.05, 3.63) is 28.2 Å².